The highest BCUT2D eigenvalue weighted by Crippen LogP contribution is 2.32. The molecule has 0 saturated carbocycles. The SMILES string of the molecule is COc1ccc(F)cc1C(=O)COC(=O)c1ccc(N2CCCC2)c([N+](=O)[O-])c1. The number of carbonyl (C=O) groups excluding carboxylic acids is 2. The molecule has 1 fully saturated rings. The van der Waals surface area contributed by atoms with Crippen LogP contribution in [-0.2, 0) is 4.74 Å². The Kier molecular flexibility index (Phi) is 6.06. The number of halogens is 1. The maximum atomic E-state index is 13.4. The van der Waals surface area contributed by atoms with E-state index >= 15 is 0 Å². The highest BCUT2D eigenvalue weighted by atomic mass is 19.1. The normalized spacial score (nSPS) is 13.2. The van der Waals surface area contributed by atoms with E-state index in [1.807, 2.05) is 4.90 Å². The molecule has 2 aromatic rings. The molecule has 29 heavy (non-hydrogen) atoms. The molecule has 1 aliphatic heterocycles. The number of nitro benzene ring substituents is 1. The zero-order chi connectivity index (χ0) is 21.0. The predicted molar refractivity (Wildman–Crippen MR) is 102 cm³/mol. The molecule has 3 rings (SSSR count). The Labute approximate surface area is 166 Å². The van der Waals surface area contributed by atoms with Crippen LogP contribution in [0.2, 0.25) is 0 Å². The van der Waals surface area contributed by atoms with E-state index in [1.54, 1.807) is 0 Å². The standard InChI is InChI=1S/C20H19FN2O6/c1-28-19-7-5-14(21)11-15(19)18(24)12-29-20(25)13-4-6-16(17(10-13)23(26)27)22-8-2-3-9-22/h4-7,10-11H,2-3,8-9,12H2,1H3. The zero-order valence-electron chi connectivity index (χ0n) is 15.7. The van der Waals surface area contributed by atoms with Crippen molar-refractivity contribution in [1.82, 2.24) is 0 Å². The number of hydrogen-bond acceptors (Lipinski definition) is 7. The summed E-state index contributed by atoms with van der Waals surface area (Å²) in [4.78, 5) is 37.3. The number of esters is 1. The lowest BCUT2D eigenvalue weighted by atomic mass is 10.1. The molecule has 0 bridgehead atoms. The maximum absolute atomic E-state index is 13.4. The number of ether oxygens (including phenoxy) is 2. The monoisotopic (exact) mass is 402 g/mol. The molecule has 1 aliphatic rings. The van der Waals surface area contributed by atoms with E-state index in [4.69, 9.17) is 9.47 Å². The molecule has 0 aromatic heterocycles. The fraction of sp³-hybridized carbons (Fsp3) is 0.300. The molecule has 0 radical (unpaired) electrons. The van der Waals surface area contributed by atoms with Gasteiger partial charge in [0.1, 0.15) is 17.3 Å². The first kappa shape index (κ1) is 20.2. The quantitative estimate of drug-likeness (QED) is 0.303. The number of ketones is 1. The van der Waals surface area contributed by atoms with Crippen LogP contribution in [0.3, 0.4) is 0 Å². The number of hydrogen-bond donors (Lipinski definition) is 0. The molecule has 0 spiro atoms. The van der Waals surface area contributed by atoms with Gasteiger partial charge in [-0.3, -0.25) is 14.9 Å². The summed E-state index contributed by atoms with van der Waals surface area (Å²) in [6, 6.07) is 7.51. The predicted octanol–water partition coefficient (Wildman–Crippen LogP) is 3.38. The Morgan fingerprint density at radius 1 is 1.17 bits per heavy atom. The van der Waals surface area contributed by atoms with Gasteiger partial charge < -0.3 is 14.4 Å². The first-order chi connectivity index (χ1) is 13.9. The smallest absolute Gasteiger partial charge is 0.338 e. The van der Waals surface area contributed by atoms with Gasteiger partial charge in [0, 0.05) is 19.2 Å². The highest BCUT2D eigenvalue weighted by Gasteiger charge is 2.25. The Morgan fingerprint density at radius 2 is 1.90 bits per heavy atom. The minimum Gasteiger partial charge on any atom is -0.496 e. The van der Waals surface area contributed by atoms with Crippen molar-refractivity contribution >= 4 is 23.1 Å². The van der Waals surface area contributed by atoms with Gasteiger partial charge in [-0.1, -0.05) is 0 Å². The summed E-state index contributed by atoms with van der Waals surface area (Å²) in [6.45, 7) is 0.781. The van der Waals surface area contributed by atoms with Crippen LogP contribution in [-0.4, -0.2) is 43.5 Å². The first-order valence-corrected chi connectivity index (χ1v) is 8.98. The number of methoxy groups -OCH3 is 1. The summed E-state index contributed by atoms with van der Waals surface area (Å²) < 4.78 is 23.4. The Morgan fingerprint density at radius 3 is 2.55 bits per heavy atom. The zero-order valence-corrected chi connectivity index (χ0v) is 15.7. The summed E-state index contributed by atoms with van der Waals surface area (Å²) in [6.07, 6.45) is 1.90. The van der Waals surface area contributed by atoms with E-state index in [0.717, 1.165) is 31.0 Å². The second-order valence-electron chi connectivity index (χ2n) is 6.50. The first-order valence-electron chi connectivity index (χ1n) is 8.98. The molecule has 0 aliphatic carbocycles. The Bertz CT molecular complexity index is 956. The van der Waals surface area contributed by atoms with Gasteiger partial charge in [0.15, 0.2) is 6.61 Å². The van der Waals surface area contributed by atoms with Crippen LogP contribution in [0.15, 0.2) is 36.4 Å². The van der Waals surface area contributed by atoms with Crippen LogP contribution in [0, 0.1) is 15.9 Å². The second kappa shape index (κ2) is 8.68. The molecular weight excluding hydrogens is 383 g/mol. The van der Waals surface area contributed by atoms with Crippen molar-refractivity contribution in [1.29, 1.82) is 0 Å². The average molecular weight is 402 g/mol. The van der Waals surface area contributed by atoms with Gasteiger partial charge in [-0.05, 0) is 43.2 Å². The highest BCUT2D eigenvalue weighted by molar-refractivity contribution is 6.01. The van der Waals surface area contributed by atoms with E-state index in [2.05, 4.69) is 0 Å². The van der Waals surface area contributed by atoms with E-state index in [1.165, 1.54) is 25.3 Å². The molecule has 0 unspecified atom stereocenters. The molecule has 2 aromatic carbocycles. The summed E-state index contributed by atoms with van der Waals surface area (Å²) in [5, 5.41) is 11.4. The average Bonchev–Trinajstić information content (AvgIpc) is 3.25. The lowest BCUT2D eigenvalue weighted by Crippen LogP contribution is -2.19. The van der Waals surface area contributed by atoms with Gasteiger partial charge in [0.25, 0.3) is 5.69 Å². The minimum absolute atomic E-state index is 0.0429. The van der Waals surface area contributed by atoms with Crippen molar-refractivity contribution in [3.8, 4) is 5.75 Å². The minimum atomic E-state index is -0.884. The van der Waals surface area contributed by atoms with Gasteiger partial charge in [0.05, 0.1) is 23.2 Å². The van der Waals surface area contributed by atoms with Gasteiger partial charge in [-0.2, -0.15) is 0 Å². The van der Waals surface area contributed by atoms with Crippen LogP contribution in [0.25, 0.3) is 0 Å². The van der Waals surface area contributed by atoms with Gasteiger partial charge in [-0.15, -0.1) is 0 Å². The van der Waals surface area contributed by atoms with Crippen molar-refractivity contribution in [2.24, 2.45) is 0 Å². The third-order valence-corrected chi connectivity index (χ3v) is 4.65. The molecular formula is C20H19FN2O6. The molecule has 9 heteroatoms. The molecule has 0 atom stereocenters. The summed E-state index contributed by atoms with van der Waals surface area (Å²) in [7, 11) is 1.33. The topological polar surface area (TPSA) is 99.0 Å². The number of nitrogens with zero attached hydrogens (tertiary/aromatic N) is 2. The van der Waals surface area contributed by atoms with Crippen LogP contribution in [0.1, 0.15) is 33.6 Å². The third-order valence-electron chi connectivity index (χ3n) is 4.65. The van der Waals surface area contributed by atoms with Gasteiger partial charge in [0.2, 0.25) is 5.78 Å². The summed E-state index contributed by atoms with van der Waals surface area (Å²) in [5.41, 5.74) is 0.151. The number of benzene rings is 2. The number of rotatable bonds is 7. The number of anilines is 1. The van der Waals surface area contributed by atoms with Gasteiger partial charge >= 0.3 is 5.97 Å². The summed E-state index contributed by atoms with van der Waals surface area (Å²) >= 11 is 0. The number of Topliss-reactive ketones (excluding diaryl/α,β-unsaturated/α-hetero) is 1. The second-order valence-corrected chi connectivity index (χ2v) is 6.50. The van der Waals surface area contributed by atoms with Crippen LogP contribution >= 0.6 is 0 Å². The summed E-state index contributed by atoms with van der Waals surface area (Å²) in [5.74, 6) is -2.02. The largest absolute Gasteiger partial charge is 0.496 e. The molecule has 8 nitrogen and oxygen atoms in total. The molecule has 1 heterocycles. The number of nitro groups is 1. The van der Waals surface area contributed by atoms with E-state index < -0.39 is 29.1 Å². The Hall–Kier alpha value is -3.49. The van der Waals surface area contributed by atoms with Crippen LogP contribution < -0.4 is 9.64 Å². The fourth-order valence-corrected chi connectivity index (χ4v) is 3.21. The molecule has 152 valence electrons. The fourth-order valence-electron chi connectivity index (χ4n) is 3.21. The third kappa shape index (κ3) is 4.50. The van der Waals surface area contributed by atoms with Crippen molar-refractivity contribution in [2.75, 3.05) is 31.7 Å². The molecule has 0 N–H and O–H groups in total. The maximum Gasteiger partial charge on any atom is 0.338 e. The van der Waals surface area contributed by atoms with E-state index in [0.29, 0.717) is 18.8 Å². The lowest BCUT2D eigenvalue weighted by molar-refractivity contribution is -0.384. The molecule has 1 saturated heterocycles. The van der Waals surface area contributed by atoms with Crippen LogP contribution in [0.5, 0.6) is 5.75 Å². The Balaban J connectivity index is 1.74. The van der Waals surface area contributed by atoms with E-state index in [9.17, 15) is 24.1 Å². The number of carbonyl (C=O) groups is 2. The van der Waals surface area contributed by atoms with Crippen molar-refractivity contribution in [3.05, 3.63) is 63.5 Å². The van der Waals surface area contributed by atoms with Crippen LogP contribution in [0.4, 0.5) is 15.8 Å². The van der Waals surface area contributed by atoms with Crippen molar-refractivity contribution < 1.29 is 28.4 Å². The van der Waals surface area contributed by atoms with E-state index in [-0.39, 0.29) is 22.6 Å². The molecule has 0 amide bonds. The van der Waals surface area contributed by atoms with Gasteiger partial charge in [-0.25, -0.2) is 9.18 Å². The lowest BCUT2D eigenvalue weighted by Gasteiger charge is -2.17. The van der Waals surface area contributed by atoms with Crippen molar-refractivity contribution in [2.45, 2.75) is 12.8 Å². The van der Waals surface area contributed by atoms with Crippen molar-refractivity contribution in [3.63, 3.8) is 0 Å².